The van der Waals surface area contributed by atoms with E-state index >= 15 is 0 Å². The molecule has 4 heterocycles. The largest absolute Gasteiger partial charge is 0.459 e. The van der Waals surface area contributed by atoms with Crippen LogP contribution in [0.25, 0.3) is 11.1 Å². The zero-order valence-electron chi connectivity index (χ0n) is 17.7. The Balaban J connectivity index is 1.25. The fourth-order valence-electron chi connectivity index (χ4n) is 4.60. The second-order valence-corrected chi connectivity index (χ2v) is 8.43. The molecule has 0 saturated carbocycles. The molecule has 2 aliphatic rings. The molecule has 162 valence electrons. The molecule has 2 saturated heterocycles. The van der Waals surface area contributed by atoms with Crippen LogP contribution in [-0.4, -0.2) is 52.6 Å². The first-order chi connectivity index (χ1) is 15.3. The topological polar surface area (TPSA) is 71.7 Å². The summed E-state index contributed by atoms with van der Waals surface area (Å²) in [6.07, 6.45) is 6.45. The van der Waals surface area contributed by atoms with Gasteiger partial charge in [-0.3, -0.25) is 9.88 Å². The molecule has 31 heavy (non-hydrogen) atoms. The summed E-state index contributed by atoms with van der Waals surface area (Å²) in [7, 11) is 0. The lowest BCUT2D eigenvalue weighted by atomic mass is 10.0. The zero-order chi connectivity index (χ0) is 21.0. The lowest BCUT2D eigenvalue weighted by Gasteiger charge is -2.36. The normalized spacial score (nSPS) is 22.5. The molecule has 5 rings (SSSR count). The van der Waals surface area contributed by atoms with E-state index in [-0.39, 0.29) is 18.1 Å². The molecular weight excluding hydrogens is 392 g/mol. The molecule has 0 N–H and O–H groups in total. The third kappa shape index (κ3) is 4.56. The van der Waals surface area contributed by atoms with Crippen LogP contribution in [0.4, 0.5) is 6.01 Å². The Morgan fingerprint density at radius 1 is 1.06 bits per heavy atom. The van der Waals surface area contributed by atoms with Crippen molar-refractivity contribution in [1.29, 1.82) is 0 Å². The molecule has 1 unspecified atom stereocenters. The molecule has 7 heteroatoms. The molecular formula is C24H28N4O3. The molecule has 0 amide bonds. The van der Waals surface area contributed by atoms with Gasteiger partial charge in [-0.05, 0) is 62.9 Å². The van der Waals surface area contributed by atoms with E-state index in [9.17, 15) is 4.79 Å². The molecule has 1 aromatic carbocycles. The third-order valence-electron chi connectivity index (χ3n) is 6.16. The summed E-state index contributed by atoms with van der Waals surface area (Å²) < 4.78 is 12.0. The van der Waals surface area contributed by atoms with Gasteiger partial charge in [0, 0.05) is 25.8 Å². The molecule has 2 aromatic heterocycles. The molecule has 0 bridgehead atoms. The van der Waals surface area contributed by atoms with E-state index in [1.807, 2.05) is 53.6 Å². The molecule has 2 fully saturated rings. The standard InChI is InChI=1S/C24H28N4O3/c29-23(30-19-9-7-14-27(17-19)16-18-8-3-5-13-25-18)21-11-4-6-15-28(21)24-26-20-10-1-2-12-22(20)31-24/h1-3,5,8,10,12-13,19,21H,4,6-7,9,11,14-17H2/t19?,21-/m0/s1. The quantitative estimate of drug-likeness (QED) is 0.582. The summed E-state index contributed by atoms with van der Waals surface area (Å²) in [4.78, 5) is 26.5. The monoisotopic (exact) mass is 420 g/mol. The summed E-state index contributed by atoms with van der Waals surface area (Å²) in [5, 5.41) is 0. The van der Waals surface area contributed by atoms with Crippen LogP contribution >= 0.6 is 0 Å². The average Bonchev–Trinajstić information content (AvgIpc) is 3.24. The number of nitrogens with zero attached hydrogens (tertiary/aromatic N) is 4. The highest BCUT2D eigenvalue weighted by Crippen LogP contribution is 2.29. The minimum atomic E-state index is -0.340. The second-order valence-electron chi connectivity index (χ2n) is 8.43. The van der Waals surface area contributed by atoms with Crippen molar-refractivity contribution < 1.29 is 13.9 Å². The highest BCUT2D eigenvalue weighted by atomic mass is 16.5. The summed E-state index contributed by atoms with van der Waals surface area (Å²) in [5.74, 6) is -0.161. The fraction of sp³-hybridized carbons (Fsp3) is 0.458. The van der Waals surface area contributed by atoms with Crippen LogP contribution in [-0.2, 0) is 16.1 Å². The fourth-order valence-corrected chi connectivity index (χ4v) is 4.60. The van der Waals surface area contributed by atoms with Crippen molar-refractivity contribution in [3.8, 4) is 0 Å². The van der Waals surface area contributed by atoms with Crippen LogP contribution < -0.4 is 4.90 Å². The van der Waals surface area contributed by atoms with Crippen molar-refractivity contribution in [3.63, 3.8) is 0 Å². The summed E-state index contributed by atoms with van der Waals surface area (Å²) in [6.45, 7) is 3.29. The number of aromatic nitrogens is 2. The first kappa shape index (κ1) is 20.0. The van der Waals surface area contributed by atoms with E-state index in [1.165, 1.54) is 0 Å². The second kappa shape index (κ2) is 9.06. The van der Waals surface area contributed by atoms with Crippen molar-refractivity contribution in [2.45, 2.75) is 50.8 Å². The number of piperidine rings is 2. The van der Waals surface area contributed by atoms with Gasteiger partial charge in [0.2, 0.25) is 0 Å². The van der Waals surface area contributed by atoms with Crippen molar-refractivity contribution >= 4 is 23.1 Å². The molecule has 0 radical (unpaired) electrons. The number of esters is 1. The maximum Gasteiger partial charge on any atom is 0.329 e. The Morgan fingerprint density at radius 2 is 1.97 bits per heavy atom. The van der Waals surface area contributed by atoms with Gasteiger partial charge in [0.15, 0.2) is 5.58 Å². The maximum absolute atomic E-state index is 13.2. The van der Waals surface area contributed by atoms with Crippen molar-refractivity contribution in [2.24, 2.45) is 0 Å². The average molecular weight is 421 g/mol. The van der Waals surface area contributed by atoms with Gasteiger partial charge in [-0.1, -0.05) is 18.2 Å². The Bertz CT molecular complexity index is 989. The Morgan fingerprint density at radius 3 is 2.84 bits per heavy atom. The number of fused-ring (bicyclic) bond motifs is 1. The number of ether oxygens (including phenoxy) is 1. The van der Waals surface area contributed by atoms with Gasteiger partial charge in [0.1, 0.15) is 17.7 Å². The number of para-hydroxylation sites is 2. The number of likely N-dealkylation sites (tertiary alicyclic amines) is 1. The van der Waals surface area contributed by atoms with Crippen LogP contribution in [0.3, 0.4) is 0 Å². The van der Waals surface area contributed by atoms with Crippen LogP contribution in [0, 0.1) is 0 Å². The van der Waals surface area contributed by atoms with E-state index in [2.05, 4.69) is 14.9 Å². The van der Waals surface area contributed by atoms with Gasteiger partial charge >= 0.3 is 5.97 Å². The van der Waals surface area contributed by atoms with E-state index in [0.717, 1.165) is 75.1 Å². The minimum Gasteiger partial charge on any atom is -0.459 e. The smallest absolute Gasteiger partial charge is 0.329 e. The zero-order valence-corrected chi connectivity index (χ0v) is 17.7. The van der Waals surface area contributed by atoms with Gasteiger partial charge in [0.25, 0.3) is 6.01 Å². The first-order valence-electron chi connectivity index (χ1n) is 11.2. The van der Waals surface area contributed by atoms with E-state index in [1.54, 1.807) is 0 Å². The molecule has 2 aliphatic heterocycles. The molecule has 0 spiro atoms. The minimum absolute atomic E-state index is 0.0858. The predicted molar refractivity (Wildman–Crippen MR) is 118 cm³/mol. The van der Waals surface area contributed by atoms with Crippen LogP contribution in [0.2, 0.25) is 0 Å². The van der Waals surface area contributed by atoms with Gasteiger partial charge in [-0.2, -0.15) is 4.98 Å². The number of carbonyl (C=O) groups excluding carboxylic acids is 1. The Kier molecular flexibility index (Phi) is 5.84. The van der Waals surface area contributed by atoms with Crippen molar-refractivity contribution in [2.75, 3.05) is 24.5 Å². The lowest BCUT2D eigenvalue weighted by molar-refractivity contribution is -0.154. The van der Waals surface area contributed by atoms with Crippen LogP contribution in [0.1, 0.15) is 37.8 Å². The summed E-state index contributed by atoms with van der Waals surface area (Å²) in [5.41, 5.74) is 2.60. The number of rotatable bonds is 5. The molecule has 0 aliphatic carbocycles. The molecule has 2 atom stereocenters. The number of benzene rings is 1. The highest BCUT2D eigenvalue weighted by molar-refractivity contribution is 5.81. The van der Waals surface area contributed by atoms with Crippen LogP contribution in [0.5, 0.6) is 0 Å². The number of pyridine rings is 1. The van der Waals surface area contributed by atoms with Crippen molar-refractivity contribution in [3.05, 3.63) is 54.4 Å². The van der Waals surface area contributed by atoms with Gasteiger partial charge in [-0.15, -0.1) is 0 Å². The molecule has 7 nitrogen and oxygen atoms in total. The molecule has 3 aromatic rings. The maximum atomic E-state index is 13.2. The summed E-state index contributed by atoms with van der Waals surface area (Å²) >= 11 is 0. The number of carbonyl (C=O) groups is 1. The third-order valence-corrected chi connectivity index (χ3v) is 6.16. The van der Waals surface area contributed by atoms with Crippen LogP contribution in [0.15, 0.2) is 53.1 Å². The summed E-state index contributed by atoms with van der Waals surface area (Å²) in [6, 6.07) is 13.9. The number of anilines is 1. The van der Waals surface area contributed by atoms with E-state index in [0.29, 0.717) is 6.01 Å². The number of oxazole rings is 1. The van der Waals surface area contributed by atoms with Gasteiger partial charge in [-0.25, -0.2) is 4.79 Å². The first-order valence-corrected chi connectivity index (χ1v) is 11.2. The highest BCUT2D eigenvalue weighted by Gasteiger charge is 2.35. The van der Waals surface area contributed by atoms with E-state index in [4.69, 9.17) is 9.15 Å². The number of hydrogen-bond acceptors (Lipinski definition) is 7. The Hall–Kier alpha value is -2.93. The predicted octanol–water partition coefficient (Wildman–Crippen LogP) is 3.79. The van der Waals surface area contributed by atoms with Gasteiger partial charge < -0.3 is 14.1 Å². The van der Waals surface area contributed by atoms with Crippen molar-refractivity contribution in [1.82, 2.24) is 14.9 Å². The van der Waals surface area contributed by atoms with E-state index < -0.39 is 0 Å². The number of hydrogen-bond donors (Lipinski definition) is 0. The van der Waals surface area contributed by atoms with Gasteiger partial charge in [0.05, 0.1) is 5.69 Å². The lowest BCUT2D eigenvalue weighted by Crippen LogP contribution is -2.48. The SMILES string of the molecule is O=C(OC1CCCN(Cc2ccccn2)C1)[C@@H]1CCCCN1c1nc2ccccc2o1. The Labute approximate surface area is 182 Å².